The average molecular weight is 466 g/mol. The molecule has 0 saturated carbocycles. The molecule has 2 aromatic rings. The number of pyridine rings is 1. The van der Waals surface area contributed by atoms with Gasteiger partial charge in [0.2, 0.25) is 0 Å². The number of hydrogen-bond donors (Lipinski definition) is 0. The second kappa shape index (κ2) is 9.13. The van der Waals surface area contributed by atoms with E-state index in [-0.39, 0.29) is 12.1 Å². The van der Waals surface area contributed by atoms with Crippen LogP contribution in [-0.4, -0.2) is 74.9 Å². The lowest BCUT2D eigenvalue weighted by Crippen LogP contribution is -2.50. The highest BCUT2D eigenvalue weighted by Gasteiger charge is 2.42. The summed E-state index contributed by atoms with van der Waals surface area (Å²) in [5.41, 5.74) is 3.41. The number of aliphatic imine (C=N–C) groups is 1. The molecule has 0 N–H and O–H groups in total. The zero-order valence-corrected chi connectivity index (χ0v) is 20.2. The summed E-state index contributed by atoms with van der Waals surface area (Å²) in [4.78, 5) is 29.3. The van der Waals surface area contributed by atoms with Crippen LogP contribution in [0, 0.1) is 5.92 Å². The van der Waals surface area contributed by atoms with Crippen molar-refractivity contribution >= 4 is 23.2 Å². The van der Waals surface area contributed by atoms with Crippen molar-refractivity contribution in [2.45, 2.75) is 26.4 Å². The molecule has 1 aromatic heterocycles. The summed E-state index contributed by atoms with van der Waals surface area (Å²) >= 11 is 0. The molecule has 1 fully saturated rings. The highest BCUT2D eigenvalue weighted by molar-refractivity contribution is 6.19. The zero-order valence-electron chi connectivity index (χ0n) is 20.2. The zero-order chi connectivity index (χ0) is 23.8. The number of rotatable bonds is 6. The Kier molecular flexibility index (Phi) is 6.03. The van der Waals surface area contributed by atoms with Crippen molar-refractivity contribution in [3.63, 3.8) is 0 Å². The number of anilines is 2. The monoisotopic (exact) mass is 465 g/mol. The Bertz CT molecular complexity index is 1090. The average Bonchev–Trinajstić information content (AvgIpc) is 3.33. The summed E-state index contributed by atoms with van der Waals surface area (Å²) in [6.07, 6.45) is 1.89. The van der Waals surface area contributed by atoms with Crippen molar-refractivity contribution in [1.29, 1.82) is 0 Å². The second-order valence-corrected chi connectivity index (χ2v) is 9.12. The van der Waals surface area contributed by atoms with Crippen LogP contribution in [0.5, 0.6) is 11.5 Å². The fraction of sp³-hybridized carbons (Fsp3) is 0.480. The van der Waals surface area contributed by atoms with Gasteiger partial charge in [0.05, 0.1) is 64.1 Å². The molecule has 0 radical (unpaired) electrons. The maximum Gasteiger partial charge on any atom is 0.330 e. The van der Waals surface area contributed by atoms with E-state index in [4.69, 9.17) is 24.2 Å². The minimum absolute atomic E-state index is 0.0596. The molecule has 9 heteroatoms. The molecular weight excluding hydrogens is 434 g/mol. The van der Waals surface area contributed by atoms with Crippen molar-refractivity contribution in [3.05, 3.63) is 41.7 Å². The molecule has 3 aliphatic heterocycles. The lowest BCUT2D eigenvalue weighted by Gasteiger charge is -2.36. The molecule has 34 heavy (non-hydrogen) atoms. The van der Waals surface area contributed by atoms with E-state index < -0.39 is 0 Å². The van der Waals surface area contributed by atoms with Gasteiger partial charge >= 0.3 is 6.03 Å². The second-order valence-electron chi connectivity index (χ2n) is 9.12. The number of morpholine rings is 1. The molecule has 4 heterocycles. The van der Waals surface area contributed by atoms with Crippen molar-refractivity contribution < 1.29 is 19.0 Å². The van der Waals surface area contributed by atoms with Gasteiger partial charge in [0, 0.05) is 19.2 Å². The molecule has 5 rings (SSSR count). The third kappa shape index (κ3) is 4.04. The van der Waals surface area contributed by atoms with Gasteiger partial charge in [-0.2, -0.15) is 0 Å². The Morgan fingerprint density at radius 2 is 1.79 bits per heavy atom. The number of hydrogen-bond acceptors (Lipinski definition) is 7. The molecule has 0 spiro atoms. The minimum atomic E-state index is -0.0860. The molecule has 1 atom stereocenters. The number of methoxy groups -OCH3 is 2. The molecular formula is C25H31N5O4. The van der Waals surface area contributed by atoms with E-state index in [1.54, 1.807) is 24.0 Å². The van der Waals surface area contributed by atoms with Crippen LogP contribution >= 0.6 is 0 Å². The first-order chi connectivity index (χ1) is 16.5. The number of carbonyl (C=O) groups excluding carboxylic acids is 1. The summed E-state index contributed by atoms with van der Waals surface area (Å²) in [5, 5.41) is 0. The highest BCUT2D eigenvalue weighted by atomic mass is 16.5. The fourth-order valence-electron chi connectivity index (χ4n) is 4.62. The first-order valence-electron chi connectivity index (χ1n) is 11.7. The number of carbonyl (C=O) groups is 1. The van der Waals surface area contributed by atoms with Crippen molar-refractivity contribution in [2.24, 2.45) is 10.9 Å². The van der Waals surface area contributed by atoms with E-state index >= 15 is 0 Å². The molecule has 180 valence electrons. The van der Waals surface area contributed by atoms with Crippen LogP contribution < -0.4 is 19.3 Å². The number of benzene rings is 1. The smallest absolute Gasteiger partial charge is 0.330 e. The number of urea groups is 1. The van der Waals surface area contributed by atoms with E-state index in [1.807, 2.05) is 24.4 Å². The maximum absolute atomic E-state index is 13.8. The van der Waals surface area contributed by atoms with Gasteiger partial charge in [-0.15, -0.1) is 0 Å². The Labute approximate surface area is 199 Å². The minimum Gasteiger partial charge on any atom is -0.497 e. The fourth-order valence-corrected chi connectivity index (χ4v) is 4.62. The van der Waals surface area contributed by atoms with Crippen LogP contribution in [0.15, 0.2) is 35.5 Å². The van der Waals surface area contributed by atoms with Gasteiger partial charge in [0.1, 0.15) is 17.2 Å². The normalized spacial score (nSPS) is 19.8. The van der Waals surface area contributed by atoms with Crippen LogP contribution in [0.2, 0.25) is 0 Å². The Morgan fingerprint density at radius 1 is 1.09 bits per heavy atom. The molecule has 1 saturated heterocycles. The van der Waals surface area contributed by atoms with Crippen LogP contribution in [0.1, 0.15) is 25.1 Å². The standard InChI is InChI=1S/C25H31N5O4/c1-16(2)21-15-30-24(27-21)23-22(11-18(13-26-23)28-5-7-34-8-6-28)29(25(30)31)14-17-9-19(32-3)12-20(10-17)33-4/h9-13,16,21H,5-8,14-15H2,1-4H3. The first kappa shape index (κ1) is 22.5. The quantitative estimate of drug-likeness (QED) is 0.652. The van der Waals surface area contributed by atoms with E-state index in [0.717, 1.165) is 35.7 Å². The van der Waals surface area contributed by atoms with Crippen molar-refractivity contribution in [1.82, 2.24) is 9.88 Å². The van der Waals surface area contributed by atoms with Gasteiger partial charge in [0.25, 0.3) is 0 Å². The lowest BCUT2D eigenvalue weighted by molar-refractivity contribution is 0.122. The van der Waals surface area contributed by atoms with Crippen molar-refractivity contribution in [3.8, 4) is 11.5 Å². The van der Waals surface area contributed by atoms with Crippen LogP contribution in [-0.2, 0) is 11.3 Å². The summed E-state index contributed by atoms with van der Waals surface area (Å²) in [7, 11) is 3.24. The number of amidine groups is 1. The molecule has 1 aromatic carbocycles. The van der Waals surface area contributed by atoms with Crippen LogP contribution in [0.3, 0.4) is 0 Å². The lowest BCUT2D eigenvalue weighted by atomic mass is 10.1. The summed E-state index contributed by atoms with van der Waals surface area (Å²) in [5.74, 6) is 2.37. The molecule has 0 aliphatic carbocycles. The Hall–Kier alpha value is -3.33. The molecule has 3 aliphatic rings. The number of aromatic nitrogens is 1. The van der Waals surface area contributed by atoms with Gasteiger partial charge in [-0.1, -0.05) is 13.8 Å². The van der Waals surface area contributed by atoms with Gasteiger partial charge in [-0.25, -0.2) is 9.78 Å². The number of fused-ring (bicyclic) bond motifs is 3. The van der Waals surface area contributed by atoms with Gasteiger partial charge in [0.15, 0.2) is 5.84 Å². The largest absolute Gasteiger partial charge is 0.497 e. The van der Waals surface area contributed by atoms with Gasteiger partial charge in [-0.05, 0) is 29.7 Å². The molecule has 0 bridgehead atoms. The highest BCUT2D eigenvalue weighted by Crippen LogP contribution is 2.36. The molecule has 1 unspecified atom stereocenters. The topological polar surface area (TPSA) is 79.7 Å². The Morgan fingerprint density at radius 3 is 2.44 bits per heavy atom. The first-order valence-corrected chi connectivity index (χ1v) is 11.7. The third-order valence-electron chi connectivity index (χ3n) is 6.63. The van der Waals surface area contributed by atoms with Crippen LogP contribution in [0.4, 0.5) is 16.2 Å². The van der Waals surface area contributed by atoms with E-state index in [0.29, 0.717) is 49.6 Å². The maximum atomic E-state index is 13.8. The predicted molar refractivity (Wildman–Crippen MR) is 130 cm³/mol. The van der Waals surface area contributed by atoms with Crippen LogP contribution in [0.25, 0.3) is 0 Å². The molecule has 9 nitrogen and oxygen atoms in total. The number of ether oxygens (including phenoxy) is 3. The van der Waals surface area contributed by atoms with Gasteiger partial charge < -0.3 is 19.1 Å². The van der Waals surface area contributed by atoms with Crippen molar-refractivity contribution in [2.75, 3.05) is 56.9 Å². The number of amides is 2. The van der Waals surface area contributed by atoms with E-state index in [1.165, 1.54) is 0 Å². The Balaban J connectivity index is 1.57. The third-order valence-corrected chi connectivity index (χ3v) is 6.63. The van der Waals surface area contributed by atoms with Gasteiger partial charge in [-0.3, -0.25) is 14.8 Å². The van der Waals surface area contributed by atoms with E-state index in [2.05, 4.69) is 24.8 Å². The summed E-state index contributed by atoms with van der Waals surface area (Å²) < 4.78 is 16.4. The molecule has 2 amide bonds. The predicted octanol–water partition coefficient (Wildman–Crippen LogP) is 3.16. The number of nitrogens with zero attached hydrogens (tertiary/aromatic N) is 5. The summed E-state index contributed by atoms with van der Waals surface area (Å²) in [6.45, 7) is 8.15. The summed E-state index contributed by atoms with van der Waals surface area (Å²) in [6, 6.07) is 7.72. The SMILES string of the molecule is COc1cc(CN2C(=O)N3CC(C(C)C)N=C3c3ncc(N4CCOCC4)cc32)cc(OC)c1. The van der Waals surface area contributed by atoms with E-state index in [9.17, 15) is 4.79 Å².